The van der Waals surface area contributed by atoms with Gasteiger partial charge in [-0.2, -0.15) is 0 Å². The van der Waals surface area contributed by atoms with Crippen molar-refractivity contribution in [2.24, 2.45) is 0 Å². The molecular weight excluding hydrogens is 246 g/mol. The average Bonchev–Trinajstić information content (AvgIpc) is 2.86. The summed E-state index contributed by atoms with van der Waals surface area (Å²) in [6, 6.07) is 2.07. The summed E-state index contributed by atoms with van der Waals surface area (Å²) in [5.74, 6) is 0.106. The zero-order valence-corrected chi connectivity index (χ0v) is 11.6. The van der Waals surface area contributed by atoms with Crippen LogP contribution in [0.3, 0.4) is 0 Å². The first kappa shape index (κ1) is 12.2. The molecule has 1 aromatic heterocycles. The molecule has 2 aliphatic rings. The number of likely N-dealkylation sites (tertiary alicyclic amines) is 1. The topological polar surface area (TPSA) is 40.5 Å². The number of piperidine rings is 1. The highest BCUT2D eigenvalue weighted by atomic mass is 32.1. The minimum absolute atomic E-state index is 0.106. The number of nitrogens with zero attached hydrogens (tertiary/aromatic N) is 1. The van der Waals surface area contributed by atoms with Gasteiger partial charge in [-0.05, 0) is 50.7 Å². The summed E-state index contributed by atoms with van der Waals surface area (Å²) in [6.45, 7) is 3.06. The lowest BCUT2D eigenvalue weighted by Gasteiger charge is -2.36. The number of hydrogen-bond acceptors (Lipinski definition) is 3. The van der Waals surface area contributed by atoms with E-state index in [-0.39, 0.29) is 5.91 Å². The van der Waals surface area contributed by atoms with Crippen molar-refractivity contribution in [2.45, 2.75) is 44.6 Å². The van der Waals surface area contributed by atoms with Gasteiger partial charge in [-0.25, -0.2) is 0 Å². The first-order valence-electron chi connectivity index (χ1n) is 6.68. The summed E-state index contributed by atoms with van der Waals surface area (Å²) >= 11 is 1.65. The molecule has 1 fully saturated rings. The van der Waals surface area contributed by atoms with Gasteiger partial charge in [0, 0.05) is 18.0 Å². The molecule has 18 heavy (non-hydrogen) atoms. The predicted octanol–water partition coefficient (Wildman–Crippen LogP) is 2.22. The van der Waals surface area contributed by atoms with Crippen LogP contribution in [0.25, 0.3) is 0 Å². The van der Waals surface area contributed by atoms with Gasteiger partial charge in [0.15, 0.2) is 0 Å². The highest BCUT2D eigenvalue weighted by molar-refractivity contribution is 7.14. The van der Waals surface area contributed by atoms with Crippen LogP contribution in [0.1, 0.15) is 46.3 Å². The lowest BCUT2D eigenvalue weighted by molar-refractivity contribution is -0.0105. The zero-order chi connectivity index (χ0) is 12.8. The third-order valence-electron chi connectivity index (χ3n) is 3.92. The maximum absolute atomic E-state index is 12.4. The number of amides is 1. The van der Waals surface area contributed by atoms with Crippen LogP contribution in [0, 0.1) is 0 Å². The number of carbonyl (C=O) groups excluding carboxylic acids is 1. The van der Waals surface area contributed by atoms with Crippen molar-refractivity contribution in [3.8, 4) is 0 Å². The number of rotatable bonds is 1. The second-order valence-corrected chi connectivity index (χ2v) is 6.88. The van der Waals surface area contributed by atoms with Crippen LogP contribution in [0.15, 0.2) is 6.07 Å². The van der Waals surface area contributed by atoms with Gasteiger partial charge in [-0.3, -0.25) is 4.79 Å². The predicted molar refractivity (Wildman–Crippen MR) is 72.1 cm³/mol. The molecule has 1 aliphatic carbocycles. The lowest BCUT2D eigenvalue weighted by atomic mass is 9.95. The molecule has 0 radical (unpaired) electrons. The van der Waals surface area contributed by atoms with Crippen molar-refractivity contribution in [2.75, 3.05) is 13.1 Å². The SMILES string of the molecule is CC1(O)CCCN(C(=O)c2cc3c(s2)CCC3)C1. The molecule has 3 nitrogen and oxygen atoms in total. The van der Waals surface area contributed by atoms with E-state index in [1.807, 2.05) is 11.8 Å². The normalized spacial score (nSPS) is 27.3. The van der Waals surface area contributed by atoms with Crippen LogP contribution >= 0.6 is 11.3 Å². The lowest BCUT2D eigenvalue weighted by Crippen LogP contribution is -2.48. The molecule has 1 unspecified atom stereocenters. The highest BCUT2D eigenvalue weighted by Gasteiger charge is 2.32. The van der Waals surface area contributed by atoms with Crippen LogP contribution in [-0.2, 0) is 12.8 Å². The summed E-state index contributed by atoms with van der Waals surface area (Å²) < 4.78 is 0. The van der Waals surface area contributed by atoms with E-state index in [4.69, 9.17) is 0 Å². The summed E-state index contributed by atoms with van der Waals surface area (Å²) in [5, 5.41) is 10.1. The minimum atomic E-state index is -0.714. The molecule has 0 bridgehead atoms. The number of aliphatic hydroxyl groups is 1. The minimum Gasteiger partial charge on any atom is -0.388 e. The van der Waals surface area contributed by atoms with Crippen molar-refractivity contribution in [1.82, 2.24) is 4.90 Å². The van der Waals surface area contributed by atoms with Crippen LogP contribution in [-0.4, -0.2) is 34.6 Å². The standard InChI is InChI=1S/C14H19NO2S/c1-14(17)6-3-7-15(9-14)13(16)12-8-10-4-2-5-11(10)18-12/h8,17H,2-7,9H2,1H3. The summed E-state index contributed by atoms with van der Waals surface area (Å²) in [5.41, 5.74) is 0.653. The van der Waals surface area contributed by atoms with E-state index in [9.17, 15) is 9.90 Å². The van der Waals surface area contributed by atoms with Crippen LogP contribution < -0.4 is 0 Å². The quantitative estimate of drug-likeness (QED) is 0.846. The molecule has 0 aromatic carbocycles. The smallest absolute Gasteiger partial charge is 0.264 e. The van der Waals surface area contributed by atoms with Crippen LogP contribution in [0.2, 0.25) is 0 Å². The second kappa shape index (κ2) is 4.35. The van der Waals surface area contributed by atoms with Gasteiger partial charge in [0.1, 0.15) is 0 Å². The molecule has 1 aromatic rings. The molecule has 0 saturated carbocycles. The summed E-state index contributed by atoms with van der Waals surface area (Å²) in [7, 11) is 0. The van der Waals surface area contributed by atoms with E-state index in [1.54, 1.807) is 11.3 Å². The Morgan fingerprint density at radius 1 is 1.44 bits per heavy atom. The Bertz CT molecular complexity index is 457. The Morgan fingerprint density at radius 3 is 3.00 bits per heavy atom. The third-order valence-corrected chi connectivity index (χ3v) is 5.14. The van der Waals surface area contributed by atoms with Gasteiger partial charge >= 0.3 is 0 Å². The zero-order valence-electron chi connectivity index (χ0n) is 10.7. The molecule has 4 heteroatoms. The van der Waals surface area contributed by atoms with Crippen LogP contribution in [0.4, 0.5) is 0 Å². The van der Waals surface area contributed by atoms with Crippen molar-refractivity contribution < 1.29 is 9.90 Å². The Morgan fingerprint density at radius 2 is 2.28 bits per heavy atom. The fourth-order valence-electron chi connectivity index (χ4n) is 2.98. The number of carbonyl (C=O) groups is 1. The number of thiophene rings is 1. The molecule has 1 saturated heterocycles. The Labute approximate surface area is 111 Å². The van der Waals surface area contributed by atoms with Gasteiger partial charge in [0.05, 0.1) is 10.5 Å². The van der Waals surface area contributed by atoms with E-state index >= 15 is 0 Å². The number of hydrogen-bond donors (Lipinski definition) is 1. The van der Waals surface area contributed by atoms with E-state index in [0.29, 0.717) is 6.54 Å². The van der Waals surface area contributed by atoms with Gasteiger partial charge in [-0.1, -0.05) is 0 Å². The molecule has 1 aliphatic heterocycles. The number of fused-ring (bicyclic) bond motifs is 1. The first-order chi connectivity index (χ1) is 8.55. The molecule has 2 heterocycles. The summed E-state index contributed by atoms with van der Waals surface area (Å²) in [4.78, 5) is 16.5. The fraction of sp³-hybridized carbons (Fsp3) is 0.643. The maximum atomic E-state index is 12.4. The number of aryl methyl sites for hydroxylation is 2. The van der Waals surface area contributed by atoms with Crippen molar-refractivity contribution >= 4 is 17.2 Å². The third kappa shape index (κ3) is 2.19. The van der Waals surface area contributed by atoms with Gasteiger partial charge in [-0.15, -0.1) is 11.3 Å². The van der Waals surface area contributed by atoms with Crippen molar-refractivity contribution in [3.05, 3.63) is 21.4 Å². The van der Waals surface area contributed by atoms with Gasteiger partial charge < -0.3 is 10.0 Å². The second-order valence-electron chi connectivity index (χ2n) is 5.74. The molecule has 1 atom stereocenters. The Hall–Kier alpha value is -0.870. The van der Waals surface area contributed by atoms with Crippen molar-refractivity contribution in [3.63, 3.8) is 0 Å². The molecule has 3 rings (SSSR count). The molecule has 1 N–H and O–H groups in total. The fourth-order valence-corrected chi connectivity index (χ4v) is 4.21. The van der Waals surface area contributed by atoms with Gasteiger partial charge in [0.25, 0.3) is 5.91 Å². The molecular formula is C14H19NO2S. The Kier molecular flexibility index (Phi) is 2.94. The highest BCUT2D eigenvalue weighted by Crippen LogP contribution is 2.32. The molecule has 98 valence electrons. The molecule has 0 spiro atoms. The van der Waals surface area contributed by atoms with Crippen molar-refractivity contribution in [1.29, 1.82) is 0 Å². The van der Waals surface area contributed by atoms with E-state index in [0.717, 1.165) is 37.1 Å². The monoisotopic (exact) mass is 265 g/mol. The number of β-amino-alcohol motifs (C(OH)–C–C–N with tert-alkyl or cyclic N) is 1. The average molecular weight is 265 g/mol. The largest absolute Gasteiger partial charge is 0.388 e. The molecule has 1 amide bonds. The first-order valence-corrected chi connectivity index (χ1v) is 7.50. The van der Waals surface area contributed by atoms with E-state index < -0.39 is 5.60 Å². The van der Waals surface area contributed by atoms with Gasteiger partial charge in [0.2, 0.25) is 0 Å². The van der Waals surface area contributed by atoms with E-state index in [1.165, 1.54) is 16.9 Å². The maximum Gasteiger partial charge on any atom is 0.264 e. The summed E-state index contributed by atoms with van der Waals surface area (Å²) in [6.07, 6.45) is 5.16. The van der Waals surface area contributed by atoms with E-state index in [2.05, 4.69) is 6.07 Å². The Balaban J connectivity index is 1.77. The van der Waals surface area contributed by atoms with Crippen LogP contribution in [0.5, 0.6) is 0 Å².